The molecule has 0 spiro atoms. The molecule has 1 aromatic carbocycles. The van der Waals surface area contributed by atoms with Crippen LogP contribution in [0.1, 0.15) is 17.9 Å². The molecule has 3 aromatic rings. The molecule has 0 aliphatic rings. The van der Waals surface area contributed by atoms with Gasteiger partial charge in [0.25, 0.3) is 0 Å². The molecule has 0 aliphatic heterocycles. The smallest absolute Gasteiger partial charge is 0.235 e. The van der Waals surface area contributed by atoms with E-state index in [2.05, 4.69) is 15.3 Å². The van der Waals surface area contributed by atoms with Crippen molar-refractivity contribution in [3.63, 3.8) is 0 Å². The molecule has 0 fully saturated rings. The van der Waals surface area contributed by atoms with E-state index in [1.807, 2.05) is 30.3 Å². The van der Waals surface area contributed by atoms with Gasteiger partial charge in [-0.1, -0.05) is 12.1 Å². The summed E-state index contributed by atoms with van der Waals surface area (Å²) < 4.78 is 10.5. The van der Waals surface area contributed by atoms with Crippen LogP contribution in [0.15, 0.2) is 47.1 Å². The van der Waals surface area contributed by atoms with Crippen molar-refractivity contribution in [2.75, 3.05) is 7.11 Å². The first kappa shape index (κ1) is 15.0. The number of carbonyl (C=O) groups excluding carboxylic acids is 1. The van der Waals surface area contributed by atoms with Gasteiger partial charge in [-0.25, -0.2) is 9.97 Å². The van der Waals surface area contributed by atoms with E-state index in [1.54, 1.807) is 19.4 Å². The van der Waals surface area contributed by atoms with Crippen molar-refractivity contribution in [2.45, 2.75) is 19.4 Å². The van der Waals surface area contributed by atoms with E-state index in [0.717, 1.165) is 16.8 Å². The number of fused-ring (bicyclic) bond motifs is 1. The molecule has 1 amide bonds. The maximum absolute atomic E-state index is 11.9. The number of aryl methyl sites for hydroxylation is 1. The van der Waals surface area contributed by atoms with Crippen LogP contribution in [-0.2, 0) is 17.8 Å². The second-order valence-corrected chi connectivity index (χ2v) is 5.02. The minimum atomic E-state index is -0.0709. The molecule has 2 aromatic heterocycles. The summed E-state index contributed by atoms with van der Waals surface area (Å²) in [5.41, 5.74) is 2.24. The Morgan fingerprint density at radius 2 is 1.96 bits per heavy atom. The van der Waals surface area contributed by atoms with Gasteiger partial charge < -0.3 is 14.5 Å². The van der Waals surface area contributed by atoms with Crippen molar-refractivity contribution in [1.29, 1.82) is 0 Å². The monoisotopic (exact) mass is 311 g/mol. The lowest BCUT2D eigenvalue weighted by Gasteiger charge is -2.08. The van der Waals surface area contributed by atoms with Gasteiger partial charge in [0.05, 0.1) is 31.0 Å². The number of methoxy groups -OCH3 is 1. The lowest BCUT2D eigenvalue weighted by atomic mass is 10.2. The molecule has 0 bridgehead atoms. The third-order valence-corrected chi connectivity index (χ3v) is 3.43. The summed E-state index contributed by atoms with van der Waals surface area (Å²) in [5, 5.41) is 2.81. The molecule has 0 saturated heterocycles. The molecule has 23 heavy (non-hydrogen) atoms. The maximum Gasteiger partial charge on any atom is 0.235 e. The van der Waals surface area contributed by atoms with Gasteiger partial charge in [-0.05, 0) is 24.3 Å². The van der Waals surface area contributed by atoms with E-state index >= 15 is 0 Å². The topological polar surface area (TPSA) is 77.2 Å². The second-order valence-electron chi connectivity index (χ2n) is 5.02. The fourth-order valence-electron chi connectivity index (χ4n) is 2.27. The SMILES string of the molecule is COc1nc2ccccc2nc1CCC(=O)NCc1ccco1. The van der Waals surface area contributed by atoms with E-state index < -0.39 is 0 Å². The predicted octanol–water partition coefficient (Wildman–Crippen LogP) is 2.48. The Balaban J connectivity index is 1.64. The van der Waals surface area contributed by atoms with Crippen LogP contribution >= 0.6 is 0 Å². The zero-order valence-electron chi connectivity index (χ0n) is 12.8. The van der Waals surface area contributed by atoms with Crippen LogP contribution in [0.25, 0.3) is 11.0 Å². The average Bonchev–Trinajstić information content (AvgIpc) is 3.10. The molecule has 6 heteroatoms. The van der Waals surface area contributed by atoms with Crippen LogP contribution in [0, 0.1) is 0 Å². The van der Waals surface area contributed by atoms with E-state index in [-0.39, 0.29) is 5.91 Å². The van der Waals surface area contributed by atoms with E-state index in [1.165, 1.54) is 0 Å². The average molecular weight is 311 g/mol. The van der Waals surface area contributed by atoms with Gasteiger partial charge in [-0.2, -0.15) is 0 Å². The number of benzene rings is 1. The number of aromatic nitrogens is 2. The third kappa shape index (κ3) is 3.66. The molecule has 0 radical (unpaired) electrons. The van der Waals surface area contributed by atoms with Crippen molar-refractivity contribution < 1.29 is 13.9 Å². The minimum absolute atomic E-state index is 0.0709. The van der Waals surface area contributed by atoms with Gasteiger partial charge in [0.15, 0.2) is 0 Å². The quantitative estimate of drug-likeness (QED) is 0.756. The van der Waals surface area contributed by atoms with Gasteiger partial charge in [-0.15, -0.1) is 0 Å². The van der Waals surface area contributed by atoms with Crippen LogP contribution in [0.5, 0.6) is 5.88 Å². The summed E-state index contributed by atoms with van der Waals surface area (Å²) in [5.74, 6) is 1.11. The fourth-order valence-corrected chi connectivity index (χ4v) is 2.27. The number of hydrogen-bond donors (Lipinski definition) is 1. The van der Waals surface area contributed by atoms with Crippen molar-refractivity contribution in [3.05, 3.63) is 54.1 Å². The summed E-state index contributed by atoms with van der Waals surface area (Å²) in [6.45, 7) is 0.381. The Hall–Kier alpha value is -2.89. The Bertz CT molecular complexity index is 800. The highest BCUT2D eigenvalue weighted by Gasteiger charge is 2.11. The lowest BCUT2D eigenvalue weighted by Crippen LogP contribution is -2.23. The fraction of sp³-hybridized carbons (Fsp3) is 0.235. The normalized spacial score (nSPS) is 10.7. The molecule has 6 nitrogen and oxygen atoms in total. The highest BCUT2D eigenvalue weighted by atomic mass is 16.5. The molecular formula is C17H17N3O3. The number of amides is 1. The molecule has 0 atom stereocenters. The molecule has 1 N–H and O–H groups in total. The number of nitrogens with zero attached hydrogens (tertiary/aromatic N) is 2. The van der Waals surface area contributed by atoms with Crippen LogP contribution < -0.4 is 10.1 Å². The van der Waals surface area contributed by atoms with Gasteiger partial charge in [0.2, 0.25) is 11.8 Å². The number of hydrogen-bond acceptors (Lipinski definition) is 5. The first-order valence-electron chi connectivity index (χ1n) is 7.35. The first-order chi connectivity index (χ1) is 11.3. The number of rotatable bonds is 6. The summed E-state index contributed by atoms with van der Waals surface area (Å²) >= 11 is 0. The molecule has 0 unspecified atom stereocenters. The summed E-state index contributed by atoms with van der Waals surface area (Å²) in [6, 6.07) is 11.2. The Kier molecular flexibility index (Phi) is 4.52. The summed E-state index contributed by atoms with van der Waals surface area (Å²) in [6.07, 6.45) is 2.35. The molecule has 0 saturated carbocycles. The van der Waals surface area contributed by atoms with Crippen molar-refractivity contribution in [2.24, 2.45) is 0 Å². The summed E-state index contributed by atoms with van der Waals surface area (Å²) in [7, 11) is 1.55. The van der Waals surface area contributed by atoms with Crippen LogP contribution in [0.3, 0.4) is 0 Å². The van der Waals surface area contributed by atoms with Crippen LogP contribution in [0.2, 0.25) is 0 Å². The van der Waals surface area contributed by atoms with Crippen molar-refractivity contribution in [3.8, 4) is 5.88 Å². The first-order valence-corrected chi connectivity index (χ1v) is 7.35. The number of ether oxygens (including phenoxy) is 1. The minimum Gasteiger partial charge on any atom is -0.480 e. The lowest BCUT2D eigenvalue weighted by molar-refractivity contribution is -0.121. The highest BCUT2D eigenvalue weighted by Crippen LogP contribution is 2.19. The van der Waals surface area contributed by atoms with Gasteiger partial charge in [0.1, 0.15) is 11.5 Å². The predicted molar refractivity (Wildman–Crippen MR) is 85.0 cm³/mol. The van der Waals surface area contributed by atoms with Gasteiger partial charge in [0, 0.05) is 12.8 Å². The Morgan fingerprint density at radius 3 is 2.65 bits per heavy atom. The standard InChI is InChI=1S/C17H17N3O3/c1-22-17-15(19-13-6-2-3-7-14(13)20-17)8-9-16(21)18-11-12-5-4-10-23-12/h2-7,10H,8-9,11H2,1H3,(H,18,21). The zero-order valence-corrected chi connectivity index (χ0v) is 12.8. The Morgan fingerprint density at radius 1 is 1.17 bits per heavy atom. The van der Waals surface area contributed by atoms with Crippen LogP contribution in [0.4, 0.5) is 0 Å². The molecular weight excluding hydrogens is 294 g/mol. The summed E-state index contributed by atoms with van der Waals surface area (Å²) in [4.78, 5) is 20.9. The van der Waals surface area contributed by atoms with Crippen molar-refractivity contribution in [1.82, 2.24) is 15.3 Å². The van der Waals surface area contributed by atoms with Gasteiger partial charge >= 0.3 is 0 Å². The molecule has 0 aliphatic carbocycles. The number of carbonyl (C=O) groups is 1. The van der Waals surface area contributed by atoms with Gasteiger partial charge in [-0.3, -0.25) is 4.79 Å². The largest absolute Gasteiger partial charge is 0.480 e. The number of para-hydroxylation sites is 2. The zero-order chi connectivity index (χ0) is 16.1. The maximum atomic E-state index is 11.9. The number of furan rings is 1. The third-order valence-electron chi connectivity index (χ3n) is 3.43. The Labute approximate surface area is 133 Å². The van der Waals surface area contributed by atoms with E-state index in [4.69, 9.17) is 9.15 Å². The highest BCUT2D eigenvalue weighted by molar-refractivity contribution is 5.77. The van der Waals surface area contributed by atoms with Crippen LogP contribution in [-0.4, -0.2) is 23.0 Å². The molecule has 3 rings (SSSR count). The van der Waals surface area contributed by atoms with E-state index in [0.29, 0.717) is 31.0 Å². The number of nitrogens with one attached hydrogen (secondary N) is 1. The van der Waals surface area contributed by atoms with E-state index in [9.17, 15) is 4.79 Å². The molecule has 118 valence electrons. The molecule has 2 heterocycles. The van der Waals surface area contributed by atoms with Crippen molar-refractivity contribution >= 4 is 16.9 Å². The second kappa shape index (κ2) is 6.91.